The van der Waals surface area contributed by atoms with Crippen molar-refractivity contribution in [1.82, 2.24) is 0 Å². The lowest BCUT2D eigenvalue weighted by molar-refractivity contribution is -0.166. The van der Waals surface area contributed by atoms with Crippen LogP contribution in [-0.2, 0) is 28.6 Å². The highest BCUT2D eigenvalue weighted by Gasteiger charge is 2.19. The first kappa shape index (κ1) is 68.1. The van der Waals surface area contributed by atoms with Crippen molar-refractivity contribution in [3.05, 3.63) is 60.8 Å². The van der Waals surface area contributed by atoms with Crippen molar-refractivity contribution in [1.29, 1.82) is 0 Å². The van der Waals surface area contributed by atoms with Crippen LogP contribution < -0.4 is 0 Å². The summed E-state index contributed by atoms with van der Waals surface area (Å²) in [5, 5.41) is 0. The van der Waals surface area contributed by atoms with Crippen LogP contribution in [0.25, 0.3) is 0 Å². The number of unbranched alkanes of at least 4 members (excludes halogenated alkanes) is 35. The zero-order chi connectivity index (χ0) is 51.4. The van der Waals surface area contributed by atoms with E-state index in [9.17, 15) is 14.4 Å². The summed E-state index contributed by atoms with van der Waals surface area (Å²) in [6.07, 6.45) is 75.6. The van der Waals surface area contributed by atoms with Crippen LogP contribution in [0.4, 0.5) is 0 Å². The molecule has 0 aliphatic rings. The molecule has 0 heterocycles. The fourth-order valence-corrected chi connectivity index (χ4v) is 8.91. The van der Waals surface area contributed by atoms with Gasteiger partial charge in [0, 0.05) is 19.3 Å². The minimum Gasteiger partial charge on any atom is -0.462 e. The molecule has 0 saturated heterocycles. The first-order valence-corrected chi connectivity index (χ1v) is 30.8. The molecule has 0 bridgehead atoms. The largest absolute Gasteiger partial charge is 0.462 e. The maximum absolute atomic E-state index is 12.8. The Morgan fingerprint density at radius 2 is 0.592 bits per heavy atom. The highest BCUT2D eigenvalue weighted by atomic mass is 16.6. The summed E-state index contributed by atoms with van der Waals surface area (Å²) in [6.45, 7) is 6.45. The van der Waals surface area contributed by atoms with Crippen molar-refractivity contribution in [2.75, 3.05) is 13.2 Å². The summed E-state index contributed by atoms with van der Waals surface area (Å²) in [4.78, 5) is 38.0. The Kier molecular flexibility index (Phi) is 57.2. The van der Waals surface area contributed by atoms with Crippen LogP contribution >= 0.6 is 0 Å². The first-order valence-electron chi connectivity index (χ1n) is 30.8. The zero-order valence-corrected chi connectivity index (χ0v) is 47.2. The second-order valence-corrected chi connectivity index (χ2v) is 20.6. The molecule has 0 amide bonds. The van der Waals surface area contributed by atoms with Crippen molar-refractivity contribution in [2.45, 2.75) is 322 Å². The van der Waals surface area contributed by atoms with Gasteiger partial charge in [-0.15, -0.1) is 0 Å². The number of hydrogen-bond acceptors (Lipinski definition) is 6. The van der Waals surface area contributed by atoms with Gasteiger partial charge in [-0.2, -0.15) is 0 Å². The molecular formula is C65H116O6. The van der Waals surface area contributed by atoms with Gasteiger partial charge in [-0.3, -0.25) is 14.4 Å². The monoisotopic (exact) mass is 993 g/mol. The van der Waals surface area contributed by atoms with E-state index in [0.717, 1.165) is 77.0 Å². The Hall–Kier alpha value is -2.89. The number of hydrogen-bond donors (Lipinski definition) is 0. The molecule has 71 heavy (non-hydrogen) atoms. The van der Waals surface area contributed by atoms with Crippen LogP contribution in [-0.4, -0.2) is 37.2 Å². The normalized spacial score (nSPS) is 12.4. The van der Waals surface area contributed by atoms with Gasteiger partial charge in [-0.05, 0) is 64.2 Å². The van der Waals surface area contributed by atoms with E-state index in [0.29, 0.717) is 19.3 Å². The van der Waals surface area contributed by atoms with Gasteiger partial charge < -0.3 is 14.2 Å². The molecule has 0 saturated carbocycles. The molecule has 0 aliphatic carbocycles. The van der Waals surface area contributed by atoms with Crippen LogP contribution in [0.5, 0.6) is 0 Å². The third-order valence-electron chi connectivity index (χ3n) is 13.5. The summed E-state index contributed by atoms with van der Waals surface area (Å²) >= 11 is 0. The summed E-state index contributed by atoms with van der Waals surface area (Å²) < 4.78 is 16.8. The Balaban J connectivity index is 4.13. The fraction of sp³-hybridized carbons (Fsp3) is 0.800. The van der Waals surface area contributed by atoms with Crippen molar-refractivity contribution >= 4 is 17.9 Å². The second-order valence-electron chi connectivity index (χ2n) is 20.6. The topological polar surface area (TPSA) is 78.9 Å². The summed E-state index contributed by atoms with van der Waals surface area (Å²) in [7, 11) is 0. The quantitative estimate of drug-likeness (QED) is 0.0261. The Morgan fingerprint density at radius 1 is 0.296 bits per heavy atom. The maximum Gasteiger partial charge on any atom is 0.306 e. The smallest absolute Gasteiger partial charge is 0.306 e. The van der Waals surface area contributed by atoms with Crippen molar-refractivity contribution in [3.8, 4) is 0 Å². The van der Waals surface area contributed by atoms with Gasteiger partial charge in [-0.25, -0.2) is 0 Å². The van der Waals surface area contributed by atoms with Crippen LogP contribution in [0, 0.1) is 0 Å². The molecule has 0 spiro atoms. The minimum absolute atomic E-state index is 0.103. The molecule has 1 unspecified atom stereocenters. The molecule has 6 heteroatoms. The van der Waals surface area contributed by atoms with Crippen molar-refractivity contribution in [2.24, 2.45) is 0 Å². The highest BCUT2D eigenvalue weighted by molar-refractivity contribution is 5.71. The summed E-state index contributed by atoms with van der Waals surface area (Å²) in [6, 6.07) is 0. The van der Waals surface area contributed by atoms with Gasteiger partial charge in [0.05, 0.1) is 0 Å². The molecule has 0 radical (unpaired) electrons. The molecule has 0 aromatic heterocycles. The fourth-order valence-electron chi connectivity index (χ4n) is 8.91. The van der Waals surface area contributed by atoms with Gasteiger partial charge in [-0.1, -0.05) is 293 Å². The molecule has 0 fully saturated rings. The van der Waals surface area contributed by atoms with E-state index in [2.05, 4.69) is 75.5 Å². The number of ether oxygens (including phenoxy) is 3. The summed E-state index contributed by atoms with van der Waals surface area (Å²) in [5.41, 5.74) is 0. The van der Waals surface area contributed by atoms with E-state index in [1.54, 1.807) is 0 Å². The molecule has 412 valence electrons. The number of carbonyl (C=O) groups is 3. The zero-order valence-electron chi connectivity index (χ0n) is 47.2. The Labute approximate surface area is 440 Å². The SMILES string of the molecule is CC/C=C\C/C=C\C/C=C\C/C=C\CCC(=O)OC(COC(=O)CCCCCCC/C=C\CCCC)COC(=O)CCCCCCCCCCCCCCCCCCCCCCCCCCCCCCC. The van der Waals surface area contributed by atoms with Crippen molar-refractivity contribution < 1.29 is 28.6 Å². The summed E-state index contributed by atoms with van der Waals surface area (Å²) in [5.74, 6) is -0.985. The predicted octanol–water partition coefficient (Wildman–Crippen LogP) is 20.8. The van der Waals surface area contributed by atoms with Crippen molar-refractivity contribution in [3.63, 3.8) is 0 Å². The average molecular weight is 994 g/mol. The van der Waals surface area contributed by atoms with Gasteiger partial charge in [0.15, 0.2) is 6.10 Å². The average Bonchev–Trinajstić information content (AvgIpc) is 3.37. The molecule has 1 atom stereocenters. The molecule has 6 nitrogen and oxygen atoms in total. The van der Waals surface area contributed by atoms with E-state index < -0.39 is 6.10 Å². The van der Waals surface area contributed by atoms with E-state index in [4.69, 9.17) is 14.2 Å². The molecule has 0 aliphatic heterocycles. The van der Waals surface area contributed by atoms with Gasteiger partial charge >= 0.3 is 17.9 Å². The number of rotatable bonds is 56. The lowest BCUT2D eigenvalue weighted by Crippen LogP contribution is -2.30. The number of esters is 3. The highest BCUT2D eigenvalue weighted by Crippen LogP contribution is 2.17. The molecule has 0 N–H and O–H groups in total. The number of carbonyl (C=O) groups excluding carboxylic acids is 3. The standard InChI is InChI=1S/C65H116O6/c1-4-7-10-13-16-19-22-24-25-26-27-28-29-30-31-32-33-34-35-36-37-38-39-41-43-46-49-52-55-58-64(67)70-61-62(60-69-63(66)57-54-51-48-45-42-21-18-15-12-9-6-3)71-65(68)59-56-53-50-47-44-40-23-20-17-14-11-8-5-2/h8,11,15,17-18,20,40,44,50,53,62H,4-7,9-10,12-14,16,19,21-39,41-43,45-49,51-52,54-61H2,1-3H3/b11-8-,18-15-,20-17-,44-40-,53-50-. The Bertz CT molecular complexity index is 1280. The van der Waals surface area contributed by atoms with Crippen LogP contribution in [0.2, 0.25) is 0 Å². The van der Waals surface area contributed by atoms with Gasteiger partial charge in [0.2, 0.25) is 0 Å². The van der Waals surface area contributed by atoms with E-state index in [1.165, 1.54) is 193 Å². The molecule has 0 aromatic carbocycles. The Morgan fingerprint density at radius 3 is 0.958 bits per heavy atom. The van der Waals surface area contributed by atoms with Crippen LogP contribution in [0.1, 0.15) is 316 Å². The van der Waals surface area contributed by atoms with Crippen LogP contribution in [0.15, 0.2) is 60.8 Å². The van der Waals surface area contributed by atoms with E-state index in [1.807, 2.05) is 6.08 Å². The van der Waals surface area contributed by atoms with Gasteiger partial charge in [0.25, 0.3) is 0 Å². The molecule has 0 aromatic rings. The van der Waals surface area contributed by atoms with Gasteiger partial charge in [0.1, 0.15) is 13.2 Å². The lowest BCUT2D eigenvalue weighted by atomic mass is 10.0. The first-order chi connectivity index (χ1) is 35.0. The second kappa shape index (κ2) is 59.7. The molecule has 0 rings (SSSR count). The maximum atomic E-state index is 12.8. The predicted molar refractivity (Wildman–Crippen MR) is 307 cm³/mol. The third kappa shape index (κ3) is 57.9. The third-order valence-corrected chi connectivity index (χ3v) is 13.5. The minimum atomic E-state index is -0.813. The van der Waals surface area contributed by atoms with E-state index >= 15 is 0 Å². The lowest BCUT2D eigenvalue weighted by Gasteiger charge is -2.18. The van der Waals surface area contributed by atoms with Crippen LogP contribution in [0.3, 0.4) is 0 Å². The number of allylic oxidation sites excluding steroid dienone is 10. The van der Waals surface area contributed by atoms with E-state index in [-0.39, 0.29) is 37.5 Å². The molecular weight excluding hydrogens is 877 g/mol.